The first-order valence-electron chi connectivity index (χ1n) is 8.87. The molecule has 1 amide bonds. The Morgan fingerprint density at radius 3 is 2.81 bits per heavy atom. The Morgan fingerprint density at radius 1 is 1.48 bits per heavy atom. The number of thioether (sulfide) groups is 1. The fourth-order valence-electron chi connectivity index (χ4n) is 4.09. The number of aliphatic hydroxyl groups is 1. The van der Waals surface area contributed by atoms with E-state index in [0.717, 1.165) is 11.3 Å². The second kappa shape index (κ2) is 6.50. The van der Waals surface area contributed by atoms with E-state index in [1.165, 1.54) is 16.7 Å². The van der Waals surface area contributed by atoms with E-state index in [1.807, 2.05) is 13.8 Å². The number of carbonyl (C=O) groups is 2. The van der Waals surface area contributed by atoms with Crippen molar-refractivity contribution in [1.29, 1.82) is 0 Å². The van der Waals surface area contributed by atoms with Gasteiger partial charge < -0.3 is 25.0 Å². The van der Waals surface area contributed by atoms with E-state index in [1.54, 1.807) is 13.0 Å². The molecule has 0 bridgehead atoms. The predicted molar refractivity (Wildman–Crippen MR) is 97.4 cm³/mol. The third-order valence-corrected chi connectivity index (χ3v) is 6.58. The van der Waals surface area contributed by atoms with Gasteiger partial charge in [0.15, 0.2) is 5.09 Å². The van der Waals surface area contributed by atoms with E-state index in [4.69, 9.17) is 4.52 Å². The Kier molecular flexibility index (Phi) is 4.40. The molecule has 1 saturated heterocycles. The summed E-state index contributed by atoms with van der Waals surface area (Å²) in [7, 11) is 0. The number of aliphatic carboxylic acids is 1. The minimum absolute atomic E-state index is 0.0206. The molecule has 144 valence electrons. The zero-order valence-corrected chi connectivity index (χ0v) is 16.0. The molecule has 3 aliphatic rings. The Bertz CT molecular complexity index is 874. The van der Waals surface area contributed by atoms with Crippen LogP contribution < -0.4 is 5.32 Å². The first kappa shape index (κ1) is 18.3. The normalized spacial score (nSPS) is 31.0. The Balaban J connectivity index is 1.62. The summed E-state index contributed by atoms with van der Waals surface area (Å²) in [4.78, 5) is 26.0. The lowest BCUT2D eigenvalue weighted by atomic mass is 9.79. The van der Waals surface area contributed by atoms with Gasteiger partial charge in [0.25, 0.3) is 0 Å². The Hall–Kier alpha value is -2.10. The molecule has 0 aromatic carbocycles. The van der Waals surface area contributed by atoms with Crippen LogP contribution >= 0.6 is 11.8 Å². The SMILES string of the molecule is C[C@@H]1C=C(c2cc(SC3=C(C(=O)O)N4C(=O)[C@H]([C@@H](C)O)[C@H]4[C@H]3C)on2)CN1. The minimum Gasteiger partial charge on any atom is -0.477 e. The number of nitrogens with one attached hydrogen (secondary N) is 1. The van der Waals surface area contributed by atoms with Crippen molar-refractivity contribution in [1.82, 2.24) is 15.4 Å². The lowest BCUT2D eigenvalue weighted by molar-refractivity contribution is -0.163. The number of rotatable bonds is 5. The molecular formula is C18H21N3O5S. The van der Waals surface area contributed by atoms with Gasteiger partial charge in [-0.15, -0.1) is 0 Å². The molecule has 0 unspecified atom stereocenters. The van der Waals surface area contributed by atoms with E-state index in [2.05, 4.69) is 16.5 Å². The fourth-order valence-corrected chi connectivity index (χ4v) is 5.16. The van der Waals surface area contributed by atoms with Crippen LogP contribution in [0.4, 0.5) is 0 Å². The molecule has 0 saturated carbocycles. The van der Waals surface area contributed by atoms with Crippen molar-refractivity contribution in [2.24, 2.45) is 11.8 Å². The van der Waals surface area contributed by atoms with Crippen LogP contribution in [0.2, 0.25) is 0 Å². The molecule has 1 fully saturated rings. The van der Waals surface area contributed by atoms with E-state index in [-0.39, 0.29) is 29.6 Å². The van der Waals surface area contributed by atoms with Crippen molar-refractivity contribution >= 4 is 29.2 Å². The van der Waals surface area contributed by atoms with Crippen molar-refractivity contribution in [2.75, 3.05) is 6.54 Å². The van der Waals surface area contributed by atoms with Crippen LogP contribution in [0.5, 0.6) is 0 Å². The molecule has 4 rings (SSSR count). The van der Waals surface area contributed by atoms with Gasteiger partial charge in [0, 0.05) is 29.5 Å². The third-order valence-electron chi connectivity index (χ3n) is 5.40. The van der Waals surface area contributed by atoms with Crippen LogP contribution in [0.3, 0.4) is 0 Å². The number of hydrogen-bond donors (Lipinski definition) is 3. The number of aromatic nitrogens is 1. The first-order valence-corrected chi connectivity index (χ1v) is 9.69. The molecule has 1 aromatic rings. The van der Waals surface area contributed by atoms with Crippen LogP contribution in [-0.2, 0) is 9.59 Å². The molecule has 3 aliphatic heterocycles. The third kappa shape index (κ3) is 2.81. The molecule has 27 heavy (non-hydrogen) atoms. The number of carboxylic acids is 1. The average molecular weight is 391 g/mol. The largest absolute Gasteiger partial charge is 0.477 e. The summed E-state index contributed by atoms with van der Waals surface area (Å²) in [6.45, 7) is 6.19. The topological polar surface area (TPSA) is 116 Å². The summed E-state index contributed by atoms with van der Waals surface area (Å²) in [6, 6.07) is 1.73. The molecule has 3 N–H and O–H groups in total. The summed E-state index contributed by atoms with van der Waals surface area (Å²) in [5, 5.41) is 27.4. The first-order chi connectivity index (χ1) is 12.8. The maximum atomic E-state index is 12.4. The summed E-state index contributed by atoms with van der Waals surface area (Å²) in [5.41, 5.74) is 1.74. The van der Waals surface area contributed by atoms with E-state index >= 15 is 0 Å². The maximum absolute atomic E-state index is 12.4. The van der Waals surface area contributed by atoms with Gasteiger partial charge >= 0.3 is 5.97 Å². The number of aliphatic hydroxyl groups excluding tert-OH is 1. The van der Waals surface area contributed by atoms with Crippen LogP contribution in [-0.4, -0.2) is 56.9 Å². The molecule has 4 heterocycles. The Labute approximate surface area is 160 Å². The zero-order chi connectivity index (χ0) is 19.5. The van der Waals surface area contributed by atoms with Gasteiger partial charge in [0.2, 0.25) is 5.91 Å². The standard InChI is InChI=1S/C18H21N3O5S/c1-7-4-10(6-19-7)11-5-12(26-20-11)27-16-8(2)14-13(9(3)22)17(23)21(14)15(16)18(24)25/h4-5,7-9,13-14,19,22H,6H2,1-3H3,(H,24,25)/t7-,8-,9-,13-,14-/m1/s1. The van der Waals surface area contributed by atoms with Crippen molar-refractivity contribution in [3.8, 4) is 0 Å². The Morgan fingerprint density at radius 2 is 2.22 bits per heavy atom. The lowest BCUT2D eigenvalue weighted by Crippen LogP contribution is -2.63. The smallest absolute Gasteiger partial charge is 0.353 e. The van der Waals surface area contributed by atoms with Gasteiger partial charge in [0.1, 0.15) is 11.4 Å². The van der Waals surface area contributed by atoms with Gasteiger partial charge in [-0.05, 0) is 19.4 Å². The lowest BCUT2D eigenvalue weighted by Gasteiger charge is -2.46. The molecular weight excluding hydrogens is 370 g/mol. The van der Waals surface area contributed by atoms with E-state index in [0.29, 0.717) is 16.5 Å². The predicted octanol–water partition coefficient (Wildman–Crippen LogP) is 1.30. The molecule has 1 aromatic heterocycles. The number of β-lactam (4-membered cyclic amide) rings is 1. The van der Waals surface area contributed by atoms with Gasteiger partial charge in [0.05, 0.1) is 18.1 Å². The number of carboxylic acid groups (broad SMARTS) is 1. The van der Waals surface area contributed by atoms with Crippen LogP contribution in [0, 0.1) is 11.8 Å². The number of fused-ring (bicyclic) bond motifs is 1. The molecule has 0 radical (unpaired) electrons. The van der Waals surface area contributed by atoms with Crippen molar-refractivity contribution in [3.63, 3.8) is 0 Å². The van der Waals surface area contributed by atoms with Crippen LogP contribution in [0.15, 0.2) is 32.4 Å². The average Bonchev–Trinajstić information content (AvgIpc) is 3.27. The van der Waals surface area contributed by atoms with E-state index < -0.39 is 18.0 Å². The highest BCUT2D eigenvalue weighted by molar-refractivity contribution is 8.03. The second-order valence-electron chi connectivity index (χ2n) is 7.27. The van der Waals surface area contributed by atoms with Crippen LogP contribution in [0.25, 0.3) is 5.57 Å². The van der Waals surface area contributed by atoms with E-state index in [9.17, 15) is 19.8 Å². The molecule has 9 heteroatoms. The molecule has 0 aliphatic carbocycles. The van der Waals surface area contributed by atoms with Crippen LogP contribution in [0.1, 0.15) is 26.5 Å². The summed E-state index contributed by atoms with van der Waals surface area (Å²) >= 11 is 1.19. The number of nitrogens with zero attached hydrogens (tertiary/aromatic N) is 2. The van der Waals surface area contributed by atoms with Crippen molar-refractivity contribution < 1.29 is 24.3 Å². The fraction of sp³-hybridized carbons (Fsp3) is 0.500. The molecule has 0 spiro atoms. The monoisotopic (exact) mass is 391 g/mol. The number of carbonyl (C=O) groups excluding carboxylic acids is 1. The zero-order valence-electron chi connectivity index (χ0n) is 15.2. The highest BCUT2D eigenvalue weighted by Gasteiger charge is 2.60. The summed E-state index contributed by atoms with van der Waals surface area (Å²) < 4.78 is 5.41. The van der Waals surface area contributed by atoms with Gasteiger partial charge in [-0.25, -0.2) is 4.79 Å². The van der Waals surface area contributed by atoms with Crippen molar-refractivity contribution in [2.45, 2.75) is 44.1 Å². The highest BCUT2D eigenvalue weighted by Crippen LogP contribution is 2.52. The summed E-state index contributed by atoms with van der Waals surface area (Å²) in [5.74, 6) is -2.28. The second-order valence-corrected chi connectivity index (χ2v) is 8.31. The maximum Gasteiger partial charge on any atom is 0.353 e. The molecule has 8 nitrogen and oxygen atoms in total. The van der Waals surface area contributed by atoms with Gasteiger partial charge in [-0.1, -0.05) is 29.9 Å². The number of amides is 1. The van der Waals surface area contributed by atoms with Gasteiger partial charge in [-0.2, -0.15) is 0 Å². The van der Waals surface area contributed by atoms with Crippen molar-refractivity contribution in [3.05, 3.63) is 28.4 Å². The number of hydrogen-bond acceptors (Lipinski definition) is 7. The quantitative estimate of drug-likeness (QED) is 0.643. The molecule has 5 atom stereocenters. The minimum atomic E-state index is -1.15. The van der Waals surface area contributed by atoms with Gasteiger partial charge in [-0.3, -0.25) is 4.79 Å². The highest BCUT2D eigenvalue weighted by atomic mass is 32.2. The summed E-state index contributed by atoms with van der Waals surface area (Å²) in [6.07, 6.45) is 1.26.